The van der Waals surface area contributed by atoms with Crippen molar-refractivity contribution >= 4 is 23.6 Å². The van der Waals surface area contributed by atoms with E-state index in [9.17, 15) is 19.1 Å². The fourth-order valence-electron chi connectivity index (χ4n) is 3.24. The molecule has 136 valence electrons. The lowest BCUT2D eigenvalue weighted by Crippen LogP contribution is -2.30. The van der Waals surface area contributed by atoms with Crippen LogP contribution in [0.5, 0.6) is 0 Å². The number of hydrogen-bond donors (Lipinski definition) is 1. The molecule has 3 rings (SSSR count). The van der Waals surface area contributed by atoms with Gasteiger partial charge in [0.25, 0.3) is 0 Å². The van der Waals surface area contributed by atoms with Crippen LogP contribution >= 0.6 is 11.8 Å². The van der Waals surface area contributed by atoms with Gasteiger partial charge in [0, 0.05) is 36.1 Å². The zero-order valence-electron chi connectivity index (χ0n) is 14.2. The van der Waals surface area contributed by atoms with E-state index in [4.69, 9.17) is 0 Å². The Balaban J connectivity index is 1.57. The second-order valence-electron chi connectivity index (χ2n) is 6.31. The average molecular weight is 373 g/mol. The van der Waals surface area contributed by atoms with Crippen LogP contribution in [-0.4, -0.2) is 40.7 Å². The van der Waals surface area contributed by atoms with Crippen molar-refractivity contribution in [1.29, 1.82) is 0 Å². The molecule has 2 aromatic rings. The van der Waals surface area contributed by atoms with E-state index in [-0.39, 0.29) is 24.2 Å². The first-order valence-electron chi connectivity index (χ1n) is 8.48. The van der Waals surface area contributed by atoms with Crippen molar-refractivity contribution in [1.82, 2.24) is 4.90 Å². The van der Waals surface area contributed by atoms with Gasteiger partial charge in [0.2, 0.25) is 5.91 Å². The zero-order chi connectivity index (χ0) is 18.5. The molecule has 0 saturated carbocycles. The van der Waals surface area contributed by atoms with Crippen LogP contribution in [0.4, 0.5) is 4.39 Å². The lowest BCUT2D eigenvalue weighted by Gasteiger charge is -2.16. The highest BCUT2D eigenvalue weighted by atomic mass is 32.2. The molecule has 4 nitrogen and oxygen atoms in total. The van der Waals surface area contributed by atoms with Gasteiger partial charge in [0.1, 0.15) is 5.82 Å². The Morgan fingerprint density at radius 3 is 2.42 bits per heavy atom. The highest BCUT2D eigenvalue weighted by molar-refractivity contribution is 7.99. The number of carboxylic acid groups (broad SMARTS) is 1. The third-order valence-electron chi connectivity index (χ3n) is 4.62. The molecular formula is C20H20FNO3S. The topological polar surface area (TPSA) is 57.6 Å². The van der Waals surface area contributed by atoms with E-state index in [1.54, 1.807) is 17.0 Å². The Labute approximate surface area is 156 Å². The number of carboxylic acids is 1. The number of benzene rings is 2. The number of halogens is 1. The maximum absolute atomic E-state index is 12.9. The molecular weight excluding hydrogens is 353 g/mol. The Kier molecular flexibility index (Phi) is 5.93. The molecule has 1 saturated heterocycles. The summed E-state index contributed by atoms with van der Waals surface area (Å²) in [7, 11) is 0. The molecule has 0 radical (unpaired) electrons. The minimum absolute atomic E-state index is 0.0377. The van der Waals surface area contributed by atoms with Gasteiger partial charge in [-0.2, -0.15) is 0 Å². The van der Waals surface area contributed by atoms with Gasteiger partial charge in [-0.05, 0) is 29.8 Å². The first kappa shape index (κ1) is 18.5. The van der Waals surface area contributed by atoms with Gasteiger partial charge in [-0.1, -0.05) is 30.3 Å². The van der Waals surface area contributed by atoms with Crippen LogP contribution in [0.1, 0.15) is 17.9 Å². The van der Waals surface area contributed by atoms with Gasteiger partial charge >= 0.3 is 5.97 Å². The first-order chi connectivity index (χ1) is 12.5. The average Bonchev–Trinajstić information content (AvgIpc) is 3.10. The minimum Gasteiger partial charge on any atom is -0.481 e. The smallest absolute Gasteiger partial charge is 0.308 e. The monoisotopic (exact) mass is 373 g/mol. The predicted octanol–water partition coefficient (Wildman–Crippen LogP) is 3.63. The summed E-state index contributed by atoms with van der Waals surface area (Å²) < 4.78 is 12.9. The lowest BCUT2D eigenvalue weighted by atomic mass is 9.89. The van der Waals surface area contributed by atoms with Crippen molar-refractivity contribution in [3.8, 4) is 0 Å². The highest BCUT2D eigenvalue weighted by Crippen LogP contribution is 2.33. The van der Waals surface area contributed by atoms with Crippen molar-refractivity contribution in [3.05, 3.63) is 66.0 Å². The quantitative estimate of drug-likeness (QED) is 0.786. The van der Waals surface area contributed by atoms with E-state index in [0.717, 1.165) is 10.5 Å². The molecule has 2 atom stereocenters. The van der Waals surface area contributed by atoms with Gasteiger partial charge in [0.05, 0.1) is 5.92 Å². The molecule has 0 unspecified atom stereocenters. The van der Waals surface area contributed by atoms with Gasteiger partial charge < -0.3 is 10.0 Å². The normalized spacial score (nSPS) is 19.5. The van der Waals surface area contributed by atoms with Crippen molar-refractivity contribution in [2.75, 3.05) is 18.8 Å². The largest absolute Gasteiger partial charge is 0.481 e. The summed E-state index contributed by atoms with van der Waals surface area (Å²) in [4.78, 5) is 26.7. The second kappa shape index (κ2) is 8.36. The van der Waals surface area contributed by atoms with Gasteiger partial charge in [-0.15, -0.1) is 11.8 Å². The Morgan fingerprint density at radius 2 is 1.77 bits per heavy atom. The summed E-state index contributed by atoms with van der Waals surface area (Å²) >= 11 is 1.49. The summed E-state index contributed by atoms with van der Waals surface area (Å²) in [6.07, 6.45) is 0.329. The van der Waals surface area contributed by atoms with Crippen molar-refractivity contribution < 1.29 is 19.1 Å². The molecule has 26 heavy (non-hydrogen) atoms. The summed E-state index contributed by atoms with van der Waals surface area (Å²) in [6.45, 7) is 0.677. The number of thioether (sulfide) groups is 1. The molecule has 1 N–H and O–H groups in total. The van der Waals surface area contributed by atoms with Crippen molar-refractivity contribution in [2.24, 2.45) is 5.92 Å². The zero-order valence-corrected chi connectivity index (χ0v) is 15.0. The number of carbonyl (C=O) groups is 2. The van der Waals surface area contributed by atoms with Crippen molar-refractivity contribution in [3.63, 3.8) is 0 Å². The number of carbonyl (C=O) groups excluding carboxylic acids is 1. The van der Waals surface area contributed by atoms with E-state index < -0.39 is 11.9 Å². The molecule has 1 fully saturated rings. The van der Waals surface area contributed by atoms with Gasteiger partial charge in [-0.3, -0.25) is 9.59 Å². The van der Waals surface area contributed by atoms with E-state index in [1.165, 1.54) is 23.9 Å². The number of rotatable bonds is 6. The molecule has 0 aliphatic carbocycles. The third kappa shape index (κ3) is 4.43. The van der Waals surface area contributed by atoms with Crippen LogP contribution < -0.4 is 0 Å². The van der Waals surface area contributed by atoms with Crippen LogP contribution in [0.3, 0.4) is 0 Å². The van der Waals surface area contributed by atoms with E-state index in [1.807, 2.05) is 30.3 Å². The van der Waals surface area contributed by atoms with Crippen LogP contribution in [-0.2, 0) is 9.59 Å². The van der Waals surface area contributed by atoms with Crippen molar-refractivity contribution in [2.45, 2.75) is 17.2 Å². The Bertz CT molecular complexity index is 766. The maximum Gasteiger partial charge on any atom is 0.308 e. The molecule has 1 heterocycles. The maximum atomic E-state index is 12.9. The Morgan fingerprint density at radius 1 is 1.08 bits per heavy atom. The fourth-order valence-corrected chi connectivity index (χ4v) is 4.08. The molecule has 0 aromatic heterocycles. The van der Waals surface area contributed by atoms with Gasteiger partial charge in [-0.25, -0.2) is 4.39 Å². The molecule has 1 aliphatic heterocycles. The Hall–Kier alpha value is -2.34. The molecule has 6 heteroatoms. The van der Waals surface area contributed by atoms with Crippen LogP contribution in [0.15, 0.2) is 59.5 Å². The second-order valence-corrected chi connectivity index (χ2v) is 7.48. The highest BCUT2D eigenvalue weighted by Gasteiger charge is 2.40. The molecule has 1 amide bonds. The molecule has 0 bridgehead atoms. The lowest BCUT2D eigenvalue weighted by molar-refractivity contribution is -0.141. The van der Waals surface area contributed by atoms with E-state index in [0.29, 0.717) is 18.7 Å². The summed E-state index contributed by atoms with van der Waals surface area (Å²) in [5.74, 6) is -1.36. The summed E-state index contributed by atoms with van der Waals surface area (Å²) in [5.41, 5.74) is 0.955. The fraction of sp³-hybridized carbons (Fsp3) is 0.300. The van der Waals surface area contributed by atoms with E-state index >= 15 is 0 Å². The first-order valence-corrected chi connectivity index (χ1v) is 9.47. The summed E-state index contributed by atoms with van der Waals surface area (Å²) in [6, 6.07) is 15.7. The number of hydrogen-bond acceptors (Lipinski definition) is 3. The van der Waals surface area contributed by atoms with Crippen LogP contribution in [0.2, 0.25) is 0 Å². The molecule has 1 aliphatic rings. The predicted molar refractivity (Wildman–Crippen MR) is 98.6 cm³/mol. The van der Waals surface area contributed by atoms with Gasteiger partial charge in [0.15, 0.2) is 0 Å². The number of aliphatic carboxylic acids is 1. The number of nitrogens with zero attached hydrogens (tertiary/aromatic N) is 1. The van der Waals surface area contributed by atoms with Crippen LogP contribution in [0, 0.1) is 11.7 Å². The standard InChI is InChI=1S/C20H20FNO3S/c21-15-6-8-16(9-7-15)26-11-10-19(23)22-12-17(18(13-22)20(24)25)14-4-2-1-3-5-14/h1-9,17-18H,10-13H2,(H,24,25)/t17-,18-/m1/s1. The number of likely N-dealkylation sites (tertiary alicyclic amines) is 1. The molecule has 0 spiro atoms. The number of amides is 1. The van der Waals surface area contributed by atoms with Crippen LogP contribution in [0.25, 0.3) is 0 Å². The van der Waals surface area contributed by atoms with E-state index in [2.05, 4.69) is 0 Å². The SMILES string of the molecule is O=C(O)[C@@H]1CN(C(=O)CCSc2ccc(F)cc2)C[C@@H]1c1ccccc1. The summed E-state index contributed by atoms with van der Waals surface area (Å²) in [5, 5.41) is 9.52. The minimum atomic E-state index is -0.866. The molecule has 2 aromatic carbocycles. The third-order valence-corrected chi connectivity index (χ3v) is 5.63.